The van der Waals surface area contributed by atoms with Crippen LogP contribution in [0.4, 0.5) is 0 Å². The SMILES string of the molecule is CCNC(=O)[C@H](C)N(Cc1cccc(Cl)c1)C(=O)COc1ccc(Br)c(C)c1. The molecule has 0 aliphatic rings. The maximum Gasteiger partial charge on any atom is 0.261 e. The number of ether oxygens (including phenoxy) is 1. The molecule has 2 amide bonds. The minimum Gasteiger partial charge on any atom is -0.484 e. The number of amides is 2. The van der Waals surface area contributed by atoms with E-state index in [9.17, 15) is 9.59 Å². The average Bonchev–Trinajstić information content (AvgIpc) is 2.66. The Morgan fingerprint density at radius 2 is 2.00 bits per heavy atom. The number of likely N-dealkylation sites (N-methyl/N-ethyl adjacent to an activating group) is 1. The van der Waals surface area contributed by atoms with E-state index in [0.29, 0.717) is 17.3 Å². The number of carbonyl (C=O) groups is 2. The van der Waals surface area contributed by atoms with Crippen molar-refractivity contribution in [1.29, 1.82) is 0 Å². The predicted molar refractivity (Wildman–Crippen MR) is 115 cm³/mol. The molecule has 1 N–H and O–H groups in total. The molecule has 28 heavy (non-hydrogen) atoms. The highest BCUT2D eigenvalue weighted by Crippen LogP contribution is 2.22. The third kappa shape index (κ3) is 6.24. The third-order valence-corrected chi connectivity index (χ3v) is 5.38. The Kier molecular flexibility index (Phi) is 8.33. The van der Waals surface area contributed by atoms with Gasteiger partial charge in [-0.15, -0.1) is 0 Å². The molecule has 0 heterocycles. The highest BCUT2D eigenvalue weighted by molar-refractivity contribution is 9.10. The number of rotatable bonds is 8. The summed E-state index contributed by atoms with van der Waals surface area (Å²) < 4.78 is 6.64. The minimum atomic E-state index is -0.637. The van der Waals surface area contributed by atoms with Crippen molar-refractivity contribution in [2.45, 2.75) is 33.4 Å². The fraction of sp³-hybridized carbons (Fsp3) is 0.333. The van der Waals surface area contributed by atoms with Gasteiger partial charge in [-0.2, -0.15) is 0 Å². The lowest BCUT2D eigenvalue weighted by Crippen LogP contribution is -2.49. The summed E-state index contributed by atoms with van der Waals surface area (Å²) in [6.07, 6.45) is 0. The predicted octanol–water partition coefficient (Wildman–Crippen LogP) is 4.34. The topological polar surface area (TPSA) is 58.6 Å². The molecule has 150 valence electrons. The first-order valence-corrected chi connectivity index (χ1v) is 10.2. The van der Waals surface area contributed by atoms with Gasteiger partial charge in [0.2, 0.25) is 5.91 Å². The van der Waals surface area contributed by atoms with E-state index in [4.69, 9.17) is 16.3 Å². The standard InChI is InChI=1S/C21H24BrClN2O3/c1-4-24-21(27)15(3)25(12-16-6-5-7-17(23)11-16)20(26)13-28-18-8-9-19(22)14(2)10-18/h5-11,15H,4,12-13H2,1-3H3,(H,24,27)/t15-/m0/s1. The molecule has 0 fully saturated rings. The van der Waals surface area contributed by atoms with Crippen molar-refractivity contribution in [3.05, 3.63) is 63.1 Å². The van der Waals surface area contributed by atoms with Crippen LogP contribution in [0.1, 0.15) is 25.0 Å². The second-order valence-electron chi connectivity index (χ2n) is 6.42. The van der Waals surface area contributed by atoms with Gasteiger partial charge in [-0.25, -0.2) is 0 Å². The second-order valence-corrected chi connectivity index (χ2v) is 7.71. The van der Waals surface area contributed by atoms with Gasteiger partial charge < -0.3 is 15.0 Å². The van der Waals surface area contributed by atoms with E-state index in [1.807, 2.05) is 38.1 Å². The smallest absolute Gasteiger partial charge is 0.261 e. The number of nitrogens with one attached hydrogen (secondary N) is 1. The molecular weight excluding hydrogens is 444 g/mol. The van der Waals surface area contributed by atoms with Crippen molar-refractivity contribution >= 4 is 39.3 Å². The molecular formula is C21H24BrClN2O3. The van der Waals surface area contributed by atoms with Gasteiger partial charge in [0.1, 0.15) is 11.8 Å². The van der Waals surface area contributed by atoms with Crippen LogP contribution in [-0.2, 0) is 16.1 Å². The van der Waals surface area contributed by atoms with Gasteiger partial charge in [0.15, 0.2) is 6.61 Å². The minimum absolute atomic E-state index is 0.161. The van der Waals surface area contributed by atoms with Crippen molar-refractivity contribution in [2.75, 3.05) is 13.2 Å². The summed E-state index contributed by atoms with van der Waals surface area (Å²) in [6, 6.07) is 12.1. The Morgan fingerprint density at radius 1 is 1.25 bits per heavy atom. The molecule has 0 saturated heterocycles. The first-order chi connectivity index (χ1) is 13.3. The fourth-order valence-electron chi connectivity index (χ4n) is 2.67. The summed E-state index contributed by atoms with van der Waals surface area (Å²) in [6.45, 7) is 6.09. The number of carbonyl (C=O) groups excluding carboxylic acids is 2. The number of nitrogens with zero attached hydrogens (tertiary/aromatic N) is 1. The van der Waals surface area contributed by atoms with Gasteiger partial charge in [-0.1, -0.05) is 39.7 Å². The molecule has 7 heteroatoms. The summed E-state index contributed by atoms with van der Waals surface area (Å²) in [4.78, 5) is 26.7. The molecule has 2 aromatic carbocycles. The van der Waals surface area contributed by atoms with Crippen molar-refractivity contribution in [1.82, 2.24) is 10.2 Å². The second kappa shape index (κ2) is 10.5. The number of hydrogen-bond donors (Lipinski definition) is 1. The molecule has 0 radical (unpaired) electrons. The molecule has 1 atom stereocenters. The van der Waals surface area contributed by atoms with Crippen LogP contribution in [0.3, 0.4) is 0 Å². The lowest BCUT2D eigenvalue weighted by molar-refractivity contribution is -0.142. The number of aryl methyl sites for hydroxylation is 1. The zero-order valence-corrected chi connectivity index (χ0v) is 18.5. The average molecular weight is 468 g/mol. The Bertz CT molecular complexity index is 844. The van der Waals surface area contributed by atoms with Crippen LogP contribution in [0.5, 0.6) is 5.75 Å². The van der Waals surface area contributed by atoms with Crippen molar-refractivity contribution in [2.24, 2.45) is 0 Å². The largest absolute Gasteiger partial charge is 0.484 e. The zero-order valence-electron chi connectivity index (χ0n) is 16.2. The monoisotopic (exact) mass is 466 g/mol. The highest BCUT2D eigenvalue weighted by atomic mass is 79.9. The lowest BCUT2D eigenvalue weighted by atomic mass is 10.1. The number of hydrogen-bond acceptors (Lipinski definition) is 3. The summed E-state index contributed by atoms with van der Waals surface area (Å²) in [5, 5.41) is 3.34. The molecule has 0 aliphatic carbocycles. The summed E-state index contributed by atoms with van der Waals surface area (Å²) in [5.41, 5.74) is 1.85. The van der Waals surface area contributed by atoms with E-state index >= 15 is 0 Å². The van der Waals surface area contributed by atoms with Crippen LogP contribution >= 0.6 is 27.5 Å². The van der Waals surface area contributed by atoms with Crippen LogP contribution in [-0.4, -0.2) is 35.9 Å². The molecule has 0 spiro atoms. The Balaban J connectivity index is 2.15. The Hall–Kier alpha value is -2.05. The van der Waals surface area contributed by atoms with Crippen LogP contribution < -0.4 is 10.1 Å². The number of benzene rings is 2. The first-order valence-electron chi connectivity index (χ1n) is 9.02. The first kappa shape index (κ1) is 22.2. The van der Waals surface area contributed by atoms with E-state index in [1.165, 1.54) is 4.90 Å². The Morgan fingerprint density at radius 3 is 2.64 bits per heavy atom. The van der Waals surface area contributed by atoms with Gasteiger partial charge in [-0.3, -0.25) is 9.59 Å². The summed E-state index contributed by atoms with van der Waals surface area (Å²) in [5.74, 6) is 0.110. The molecule has 0 bridgehead atoms. The van der Waals surface area contributed by atoms with Crippen LogP contribution in [0, 0.1) is 6.92 Å². The summed E-state index contributed by atoms with van der Waals surface area (Å²) in [7, 11) is 0. The van der Waals surface area contributed by atoms with E-state index < -0.39 is 6.04 Å². The van der Waals surface area contributed by atoms with E-state index in [2.05, 4.69) is 21.2 Å². The van der Waals surface area contributed by atoms with Gasteiger partial charge in [-0.05, 0) is 62.2 Å². The molecule has 5 nitrogen and oxygen atoms in total. The van der Waals surface area contributed by atoms with Gasteiger partial charge in [0, 0.05) is 22.6 Å². The fourth-order valence-corrected chi connectivity index (χ4v) is 3.13. The van der Waals surface area contributed by atoms with Crippen molar-refractivity contribution in [3.63, 3.8) is 0 Å². The number of halogens is 2. The van der Waals surface area contributed by atoms with E-state index in [-0.39, 0.29) is 25.0 Å². The van der Waals surface area contributed by atoms with Gasteiger partial charge >= 0.3 is 0 Å². The van der Waals surface area contributed by atoms with Gasteiger partial charge in [0.25, 0.3) is 5.91 Å². The zero-order chi connectivity index (χ0) is 20.7. The molecule has 2 aromatic rings. The molecule has 0 saturated carbocycles. The molecule has 2 rings (SSSR count). The highest BCUT2D eigenvalue weighted by Gasteiger charge is 2.26. The molecule has 0 aromatic heterocycles. The normalized spacial score (nSPS) is 11.6. The lowest BCUT2D eigenvalue weighted by Gasteiger charge is -2.28. The van der Waals surface area contributed by atoms with Crippen LogP contribution in [0.15, 0.2) is 46.9 Å². The van der Waals surface area contributed by atoms with Crippen molar-refractivity contribution in [3.8, 4) is 5.75 Å². The van der Waals surface area contributed by atoms with E-state index in [1.54, 1.807) is 25.1 Å². The maximum absolute atomic E-state index is 12.9. The maximum atomic E-state index is 12.9. The molecule has 0 unspecified atom stereocenters. The van der Waals surface area contributed by atoms with Crippen LogP contribution in [0.2, 0.25) is 5.02 Å². The van der Waals surface area contributed by atoms with Crippen molar-refractivity contribution < 1.29 is 14.3 Å². The van der Waals surface area contributed by atoms with Gasteiger partial charge in [0.05, 0.1) is 0 Å². The Labute approximate surface area is 179 Å². The summed E-state index contributed by atoms with van der Waals surface area (Å²) >= 11 is 9.50. The van der Waals surface area contributed by atoms with E-state index in [0.717, 1.165) is 15.6 Å². The van der Waals surface area contributed by atoms with Crippen LogP contribution in [0.25, 0.3) is 0 Å². The molecule has 0 aliphatic heterocycles. The third-order valence-electron chi connectivity index (χ3n) is 4.25. The quantitative estimate of drug-likeness (QED) is 0.628.